The Labute approximate surface area is 128 Å². The number of hydrogen-bond acceptors (Lipinski definition) is 0. The second-order valence-corrected chi connectivity index (χ2v) is 7.60. The Kier molecular flexibility index (Phi) is 10.8. The smallest absolute Gasteiger partial charge is 0.0116 e. The van der Waals surface area contributed by atoms with Crippen molar-refractivity contribution in [2.24, 2.45) is 0 Å². The zero-order valence-electron chi connectivity index (χ0n) is 12.7. The molecule has 0 nitrogen and oxygen atoms in total. The summed E-state index contributed by atoms with van der Waals surface area (Å²) in [5.74, 6) is 0. The van der Waals surface area contributed by atoms with E-state index in [1.165, 1.54) is 48.8 Å². The molecule has 1 heteroatoms. The first-order valence-electron chi connectivity index (χ1n) is 7.00. The molecule has 104 valence electrons. The minimum absolute atomic E-state index is 0.749. The third-order valence-electron chi connectivity index (χ3n) is 2.91. The Hall–Kier alpha value is -0.0500. The average molecular weight is 360 g/mol. The van der Waals surface area contributed by atoms with Crippen LogP contribution in [0.3, 0.4) is 0 Å². The van der Waals surface area contributed by atoms with Crippen molar-refractivity contribution in [3.05, 3.63) is 34.9 Å². The zero-order valence-corrected chi connectivity index (χ0v) is 14.9. The van der Waals surface area contributed by atoms with Crippen molar-refractivity contribution in [1.29, 1.82) is 0 Å². The molecule has 0 aliphatic heterocycles. The second kappa shape index (κ2) is 10.8. The molecule has 0 aromatic carbocycles. The molecular formula is C17H29I. The lowest BCUT2D eigenvalue weighted by Gasteiger charge is -2.02. The lowest BCUT2D eigenvalue weighted by molar-refractivity contribution is 0.905. The Bertz CT molecular complexity index is 302. The summed E-state index contributed by atoms with van der Waals surface area (Å²) in [5, 5.41) is 0. The summed E-state index contributed by atoms with van der Waals surface area (Å²) in [6.07, 6.45) is 13.1. The Morgan fingerprint density at radius 1 is 0.889 bits per heavy atom. The van der Waals surface area contributed by atoms with Crippen LogP contribution in [-0.4, -0.2) is 3.92 Å². The van der Waals surface area contributed by atoms with E-state index in [0.717, 1.165) is 3.92 Å². The van der Waals surface area contributed by atoms with Gasteiger partial charge in [-0.1, -0.05) is 64.5 Å². The van der Waals surface area contributed by atoms with Crippen molar-refractivity contribution in [3.8, 4) is 0 Å². The molecule has 0 spiro atoms. The molecule has 0 aliphatic carbocycles. The minimum atomic E-state index is 0.749. The predicted octanol–water partition coefficient (Wildman–Crippen LogP) is 6.62. The molecule has 0 amide bonds. The molecule has 0 aliphatic rings. The zero-order chi connectivity index (χ0) is 14.0. The first-order chi connectivity index (χ1) is 8.41. The van der Waals surface area contributed by atoms with Crippen LogP contribution < -0.4 is 0 Å². The topological polar surface area (TPSA) is 0 Å². The third-order valence-corrected chi connectivity index (χ3v) is 3.42. The third kappa shape index (κ3) is 12.4. The normalized spacial score (nSPS) is 14.6. The Morgan fingerprint density at radius 3 is 1.89 bits per heavy atom. The Morgan fingerprint density at radius 2 is 1.39 bits per heavy atom. The maximum Gasteiger partial charge on any atom is 0.0116 e. The van der Waals surface area contributed by atoms with Crippen molar-refractivity contribution in [1.82, 2.24) is 0 Å². The van der Waals surface area contributed by atoms with Crippen LogP contribution in [-0.2, 0) is 0 Å². The van der Waals surface area contributed by atoms with Crippen LogP contribution in [0.2, 0.25) is 0 Å². The van der Waals surface area contributed by atoms with E-state index in [1.807, 2.05) is 0 Å². The van der Waals surface area contributed by atoms with Gasteiger partial charge in [-0.25, -0.2) is 0 Å². The van der Waals surface area contributed by atoms with Crippen LogP contribution in [0.25, 0.3) is 0 Å². The molecule has 0 fully saturated rings. The highest BCUT2D eigenvalue weighted by Gasteiger charge is 1.94. The summed E-state index contributed by atoms with van der Waals surface area (Å²) in [6.45, 7) is 11.1. The Balaban J connectivity index is 3.86. The maximum absolute atomic E-state index is 2.48. The van der Waals surface area contributed by atoms with E-state index in [9.17, 15) is 0 Å². The molecule has 0 aromatic heterocycles. The molecule has 0 aromatic rings. The minimum Gasteiger partial charge on any atom is -0.0856 e. The van der Waals surface area contributed by atoms with Crippen molar-refractivity contribution in [2.45, 2.75) is 70.6 Å². The van der Waals surface area contributed by atoms with E-state index in [4.69, 9.17) is 0 Å². The predicted molar refractivity (Wildman–Crippen MR) is 93.5 cm³/mol. The first-order valence-corrected chi connectivity index (χ1v) is 8.25. The van der Waals surface area contributed by atoms with E-state index in [-0.39, 0.29) is 0 Å². The second-order valence-electron chi connectivity index (χ2n) is 5.48. The van der Waals surface area contributed by atoms with Gasteiger partial charge in [0, 0.05) is 3.92 Å². The van der Waals surface area contributed by atoms with Crippen LogP contribution in [0.4, 0.5) is 0 Å². The first kappa shape index (κ1) is 17.9. The molecule has 1 unspecified atom stereocenters. The van der Waals surface area contributed by atoms with Gasteiger partial charge in [-0.3, -0.25) is 0 Å². The summed E-state index contributed by atoms with van der Waals surface area (Å²) in [6, 6.07) is 0. The van der Waals surface area contributed by atoms with Gasteiger partial charge in [0.15, 0.2) is 0 Å². The summed E-state index contributed by atoms with van der Waals surface area (Å²) in [7, 11) is 0. The van der Waals surface area contributed by atoms with E-state index < -0.39 is 0 Å². The van der Waals surface area contributed by atoms with E-state index in [1.54, 1.807) is 0 Å². The number of hydrogen-bond donors (Lipinski definition) is 0. The molecule has 0 radical (unpaired) electrons. The van der Waals surface area contributed by atoms with Crippen LogP contribution in [0.15, 0.2) is 34.9 Å². The van der Waals surface area contributed by atoms with Crippen LogP contribution in [0, 0.1) is 0 Å². The summed E-state index contributed by atoms with van der Waals surface area (Å²) < 4.78 is 0.749. The van der Waals surface area contributed by atoms with Crippen LogP contribution in [0.5, 0.6) is 0 Å². The molecule has 0 saturated carbocycles. The summed E-state index contributed by atoms with van der Waals surface area (Å²) in [5.41, 5.74) is 4.49. The fraction of sp³-hybridized carbons (Fsp3) is 0.647. The van der Waals surface area contributed by atoms with Crippen molar-refractivity contribution in [2.75, 3.05) is 0 Å². The average Bonchev–Trinajstić information content (AvgIpc) is 2.25. The fourth-order valence-electron chi connectivity index (χ4n) is 1.70. The quantitative estimate of drug-likeness (QED) is 0.259. The lowest BCUT2D eigenvalue weighted by atomic mass is 10.1. The molecule has 1 atom stereocenters. The summed E-state index contributed by atoms with van der Waals surface area (Å²) >= 11 is 2.48. The van der Waals surface area contributed by atoms with Gasteiger partial charge in [0.25, 0.3) is 0 Å². The largest absolute Gasteiger partial charge is 0.0856 e. The lowest BCUT2D eigenvalue weighted by Crippen LogP contribution is -1.87. The number of halogens is 1. The van der Waals surface area contributed by atoms with Gasteiger partial charge in [0.05, 0.1) is 0 Å². The monoisotopic (exact) mass is 360 g/mol. The van der Waals surface area contributed by atoms with E-state index >= 15 is 0 Å². The van der Waals surface area contributed by atoms with Crippen molar-refractivity contribution < 1.29 is 0 Å². The highest BCUT2D eigenvalue weighted by molar-refractivity contribution is 14.1. The summed E-state index contributed by atoms with van der Waals surface area (Å²) in [4.78, 5) is 0. The SMILES string of the molecule is CC(C)=CCCC(C)=CCCC(C)=CCC(C)I. The van der Waals surface area contributed by atoms with Gasteiger partial charge >= 0.3 is 0 Å². The van der Waals surface area contributed by atoms with Gasteiger partial charge in [-0.15, -0.1) is 0 Å². The molecule has 0 saturated heterocycles. The van der Waals surface area contributed by atoms with Gasteiger partial charge in [0.1, 0.15) is 0 Å². The van der Waals surface area contributed by atoms with E-state index in [2.05, 4.69) is 75.4 Å². The van der Waals surface area contributed by atoms with Gasteiger partial charge in [0.2, 0.25) is 0 Å². The molecule has 0 bridgehead atoms. The van der Waals surface area contributed by atoms with Crippen LogP contribution >= 0.6 is 22.6 Å². The highest BCUT2D eigenvalue weighted by atomic mass is 127. The van der Waals surface area contributed by atoms with Gasteiger partial charge in [-0.05, 0) is 59.8 Å². The number of allylic oxidation sites excluding steroid dienone is 6. The molecular weight excluding hydrogens is 331 g/mol. The maximum atomic E-state index is 2.48. The van der Waals surface area contributed by atoms with Crippen molar-refractivity contribution in [3.63, 3.8) is 0 Å². The molecule has 0 N–H and O–H groups in total. The standard InChI is InChI=1S/C17H29I/c1-14(2)8-6-9-15(3)10-7-11-16(4)12-13-17(5)18/h8,10,12,17H,6-7,9,11,13H2,1-5H3. The number of alkyl halides is 1. The van der Waals surface area contributed by atoms with Crippen molar-refractivity contribution >= 4 is 22.6 Å². The molecule has 0 heterocycles. The fourth-order valence-corrected chi connectivity index (χ4v) is 1.96. The van der Waals surface area contributed by atoms with E-state index in [0.29, 0.717) is 0 Å². The van der Waals surface area contributed by atoms with Gasteiger partial charge < -0.3 is 0 Å². The number of rotatable bonds is 8. The van der Waals surface area contributed by atoms with Gasteiger partial charge in [-0.2, -0.15) is 0 Å². The highest BCUT2D eigenvalue weighted by Crippen LogP contribution is 2.13. The van der Waals surface area contributed by atoms with Crippen LogP contribution in [0.1, 0.15) is 66.7 Å². The molecule has 18 heavy (non-hydrogen) atoms. The molecule has 0 rings (SSSR count).